The molecule has 0 bridgehead atoms. The SMILES string of the molecule is CCCCCC(=O)Nc1cc(-c2ccccc2)nn1-c1ccc(C)cc1C. The minimum Gasteiger partial charge on any atom is -0.311 e. The largest absolute Gasteiger partial charge is 0.311 e. The van der Waals surface area contributed by atoms with Crippen LogP contribution in [0.1, 0.15) is 43.7 Å². The van der Waals surface area contributed by atoms with Crippen molar-refractivity contribution in [2.24, 2.45) is 0 Å². The molecule has 1 heterocycles. The van der Waals surface area contributed by atoms with E-state index in [0.717, 1.165) is 41.8 Å². The van der Waals surface area contributed by atoms with E-state index in [1.165, 1.54) is 5.56 Å². The molecule has 0 radical (unpaired) electrons. The summed E-state index contributed by atoms with van der Waals surface area (Å²) in [4.78, 5) is 12.4. The van der Waals surface area contributed by atoms with Crippen LogP contribution in [0.4, 0.5) is 5.82 Å². The number of anilines is 1. The fraction of sp³-hybridized carbons (Fsp3) is 0.304. The van der Waals surface area contributed by atoms with Gasteiger partial charge in [0.25, 0.3) is 0 Å². The highest BCUT2D eigenvalue weighted by molar-refractivity contribution is 5.90. The van der Waals surface area contributed by atoms with E-state index in [9.17, 15) is 4.79 Å². The zero-order chi connectivity index (χ0) is 19.2. The highest BCUT2D eigenvalue weighted by atomic mass is 16.1. The van der Waals surface area contributed by atoms with E-state index in [1.54, 1.807) is 0 Å². The summed E-state index contributed by atoms with van der Waals surface area (Å²) in [7, 11) is 0. The Balaban J connectivity index is 1.97. The van der Waals surface area contributed by atoms with Crippen LogP contribution < -0.4 is 5.32 Å². The van der Waals surface area contributed by atoms with Crippen molar-refractivity contribution >= 4 is 11.7 Å². The van der Waals surface area contributed by atoms with E-state index in [2.05, 4.69) is 44.3 Å². The van der Waals surface area contributed by atoms with Crippen LogP contribution in [0.2, 0.25) is 0 Å². The number of nitrogens with zero attached hydrogens (tertiary/aromatic N) is 2. The van der Waals surface area contributed by atoms with Crippen LogP contribution in [-0.4, -0.2) is 15.7 Å². The molecule has 3 aromatic rings. The molecular formula is C23H27N3O. The Morgan fingerprint density at radius 1 is 1.04 bits per heavy atom. The third-order valence-electron chi connectivity index (χ3n) is 4.63. The zero-order valence-electron chi connectivity index (χ0n) is 16.3. The van der Waals surface area contributed by atoms with Gasteiger partial charge in [-0.2, -0.15) is 5.10 Å². The molecule has 4 nitrogen and oxygen atoms in total. The third kappa shape index (κ3) is 4.64. The second kappa shape index (κ2) is 8.67. The summed E-state index contributed by atoms with van der Waals surface area (Å²) in [5, 5.41) is 7.85. The molecule has 0 fully saturated rings. The lowest BCUT2D eigenvalue weighted by molar-refractivity contribution is -0.116. The summed E-state index contributed by atoms with van der Waals surface area (Å²) in [6.07, 6.45) is 3.61. The molecule has 3 rings (SSSR count). The van der Waals surface area contributed by atoms with Gasteiger partial charge in [0.2, 0.25) is 5.91 Å². The van der Waals surface area contributed by atoms with Crippen LogP contribution in [0.15, 0.2) is 54.6 Å². The average molecular weight is 361 g/mol. The van der Waals surface area contributed by atoms with E-state index in [0.29, 0.717) is 12.2 Å². The van der Waals surface area contributed by atoms with E-state index in [-0.39, 0.29) is 5.91 Å². The number of aromatic nitrogens is 2. The summed E-state index contributed by atoms with van der Waals surface area (Å²) >= 11 is 0. The zero-order valence-corrected chi connectivity index (χ0v) is 16.3. The second-order valence-electron chi connectivity index (χ2n) is 6.99. The van der Waals surface area contributed by atoms with Crippen molar-refractivity contribution in [3.05, 3.63) is 65.7 Å². The molecule has 0 saturated heterocycles. The van der Waals surface area contributed by atoms with E-state index in [1.807, 2.05) is 41.1 Å². The molecule has 1 N–H and O–H groups in total. The van der Waals surface area contributed by atoms with Gasteiger partial charge in [-0.3, -0.25) is 4.79 Å². The summed E-state index contributed by atoms with van der Waals surface area (Å²) in [6.45, 7) is 6.28. The quantitative estimate of drug-likeness (QED) is 0.551. The molecule has 27 heavy (non-hydrogen) atoms. The van der Waals surface area contributed by atoms with Crippen molar-refractivity contribution in [2.75, 3.05) is 5.32 Å². The van der Waals surface area contributed by atoms with Gasteiger partial charge < -0.3 is 5.32 Å². The topological polar surface area (TPSA) is 46.9 Å². The summed E-state index contributed by atoms with van der Waals surface area (Å²) in [5.41, 5.74) is 5.18. The summed E-state index contributed by atoms with van der Waals surface area (Å²) < 4.78 is 1.84. The first kappa shape index (κ1) is 18.9. The van der Waals surface area contributed by atoms with Crippen LogP contribution in [-0.2, 0) is 4.79 Å². The Morgan fingerprint density at radius 2 is 1.81 bits per heavy atom. The number of amides is 1. The fourth-order valence-corrected chi connectivity index (χ4v) is 3.19. The molecule has 1 amide bonds. The van der Waals surface area contributed by atoms with Gasteiger partial charge in [0.05, 0.1) is 11.4 Å². The molecule has 0 atom stereocenters. The number of carbonyl (C=O) groups excluding carboxylic acids is 1. The molecule has 0 unspecified atom stereocenters. The maximum absolute atomic E-state index is 12.4. The minimum atomic E-state index is 0.0361. The molecule has 0 aliphatic carbocycles. The number of carbonyl (C=O) groups is 1. The first-order valence-electron chi connectivity index (χ1n) is 9.61. The number of hydrogen-bond donors (Lipinski definition) is 1. The van der Waals surface area contributed by atoms with Gasteiger partial charge in [-0.15, -0.1) is 0 Å². The van der Waals surface area contributed by atoms with Crippen LogP contribution >= 0.6 is 0 Å². The maximum atomic E-state index is 12.4. The predicted octanol–water partition coefficient (Wildman–Crippen LogP) is 5.67. The molecule has 1 aromatic heterocycles. The number of unbranched alkanes of at least 4 members (excludes halogenated alkanes) is 2. The molecular weight excluding hydrogens is 334 g/mol. The second-order valence-corrected chi connectivity index (χ2v) is 6.99. The monoisotopic (exact) mass is 361 g/mol. The van der Waals surface area contributed by atoms with Gasteiger partial charge in [-0.25, -0.2) is 4.68 Å². The third-order valence-corrected chi connectivity index (χ3v) is 4.63. The van der Waals surface area contributed by atoms with Crippen LogP contribution in [0, 0.1) is 13.8 Å². The normalized spacial score (nSPS) is 10.8. The van der Waals surface area contributed by atoms with Gasteiger partial charge in [0.15, 0.2) is 0 Å². The van der Waals surface area contributed by atoms with Gasteiger partial charge in [0.1, 0.15) is 5.82 Å². The van der Waals surface area contributed by atoms with Gasteiger partial charge in [-0.1, -0.05) is 67.8 Å². The minimum absolute atomic E-state index is 0.0361. The number of rotatable bonds is 7. The Labute approximate surface area is 161 Å². The van der Waals surface area contributed by atoms with Crippen LogP contribution in [0.5, 0.6) is 0 Å². The van der Waals surface area contributed by atoms with Crippen molar-refractivity contribution in [2.45, 2.75) is 46.5 Å². The molecule has 0 aliphatic heterocycles. The van der Waals surface area contributed by atoms with Gasteiger partial charge >= 0.3 is 0 Å². The molecule has 2 aromatic carbocycles. The number of benzene rings is 2. The maximum Gasteiger partial charge on any atom is 0.225 e. The van der Waals surface area contributed by atoms with Crippen molar-refractivity contribution in [3.63, 3.8) is 0 Å². The Hall–Kier alpha value is -2.88. The summed E-state index contributed by atoms with van der Waals surface area (Å²) in [5.74, 6) is 0.747. The smallest absolute Gasteiger partial charge is 0.225 e. The molecule has 0 spiro atoms. The van der Waals surface area contributed by atoms with E-state index < -0.39 is 0 Å². The molecule has 0 saturated carbocycles. The lowest BCUT2D eigenvalue weighted by Gasteiger charge is -2.12. The standard InChI is InChI=1S/C23H27N3O/c1-4-5-7-12-23(27)24-22-16-20(19-10-8-6-9-11-19)25-26(22)21-14-13-17(2)15-18(21)3/h6,8-11,13-16H,4-5,7,12H2,1-3H3,(H,24,27). The van der Waals surface area contributed by atoms with Crippen LogP contribution in [0.3, 0.4) is 0 Å². The van der Waals surface area contributed by atoms with E-state index >= 15 is 0 Å². The lowest BCUT2D eigenvalue weighted by atomic mass is 10.1. The van der Waals surface area contributed by atoms with Crippen molar-refractivity contribution < 1.29 is 4.79 Å². The first-order valence-corrected chi connectivity index (χ1v) is 9.61. The number of nitrogens with one attached hydrogen (secondary N) is 1. The average Bonchev–Trinajstić information content (AvgIpc) is 3.06. The van der Waals surface area contributed by atoms with E-state index in [4.69, 9.17) is 5.10 Å². The van der Waals surface area contributed by atoms with Crippen molar-refractivity contribution in [1.82, 2.24) is 9.78 Å². The predicted molar refractivity (Wildman–Crippen MR) is 111 cm³/mol. The van der Waals surface area contributed by atoms with Gasteiger partial charge in [0, 0.05) is 18.1 Å². The van der Waals surface area contributed by atoms with Crippen LogP contribution in [0.25, 0.3) is 16.9 Å². The summed E-state index contributed by atoms with van der Waals surface area (Å²) in [6, 6.07) is 18.2. The highest BCUT2D eigenvalue weighted by Gasteiger charge is 2.15. The Bertz CT molecular complexity index is 913. The first-order chi connectivity index (χ1) is 13.1. The van der Waals surface area contributed by atoms with Gasteiger partial charge in [-0.05, 0) is 31.9 Å². The molecule has 0 aliphatic rings. The fourth-order valence-electron chi connectivity index (χ4n) is 3.19. The van der Waals surface area contributed by atoms with Crippen molar-refractivity contribution in [1.29, 1.82) is 0 Å². The lowest BCUT2D eigenvalue weighted by Crippen LogP contribution is -2.15. The Kier molecular flexibility index (Phi) is 6.07. The highest BCUT2D eigenvalue weighted by Crippen LogP contribution is 2.26. The Morgan fingerprint density at radius 3 is 2.52 bits per heavy atom. The number of hydrogen-bond acceptors (Lipinski definition) is 2. The number of aryl methyl sites for hydroxylation is 2. The van der Waals surface area contributed by atoms with Crippen molar-refractivity contribution in [3.8, 4) is 16.9 Å². The molecule has 4 heteroatoms. The molecule has 140 valence electrons.